The van der Waals surface area contributed by atoms with Crippen molar-refractivity contribution < 1.29 is 18.0 Å². The van der Waals surface area contributed by atoms with E-state index >= 15 is 0 Å². The molecule has 28 heavy (non-hydrogen) atoms. The van der Waals surface area contributed by atoms with Crippen molar-refractivity contribution in [3.8, 4) is 5.69 Å². The highest BCUT2D eigenvalue weighted by molar-refractivity contribution is 6.42. The number of benzene rings is 2. The second-order valence-corrected chi connectivity index (χ2v) is 7.03. The summed E-state index contributed by atoms with van der Waals surface area (Å²) in [5, 5.41) is 3.32. The molecule has 1 amide bonds. The van der Waals surface area contributed by atoms with Crippen molar-refractivity contribution in [3.05, 3.63) is 81.1 Å². The van der Waals surface area contributed by atoms with Crippen LogP contribution in [0.3, 0.4) is 0 Å². The van der Waals surface area contributed by atoms with Crippen molar-refractivity contribution in [1.29, 1.82) is 0 Å². The van der Waals surface area contributed by atoms with E-state index < -0.39 is 17.6 Å². The minimum absolute atomic E-state index is 0.0291. The number of para-hydroxylation sites is 1. The van der Waals surface area contributed by atoms with Crippen molar-refractivity contribution in [3.63, 3.8) is 0 Å². The van der Waals surface area contributed by atoms with Gasteiger partial charge in [-0.15, -0.1) is 0 Å². The SMILES string of the molecule is Cc1cc(C(=O)Nc2ccc(Cl)c(Cl)c2)c(C)n1-c1ccccc1C(F)(F)F. The highest BCUT2D eigenvalue weighted by Crippen LogP contribution is 2.35. The lowest BCUT2D eigenvalue weighted by Gasteiger charge is -2.16. The second kappa shape index (κ2) is 7.53. The summed E-state index contributed by atoms with van der Waals surface area (Å²) < 4.78 is 41.6. The maximum Gasteiger partial charge on any atom is 0.418 e. The first-order valence-electron chi connectivity index (χ1n) is 8.21. The lowest BCUT2D eigenvalue weighted by Crippen LogP contribution is -2.14. The van der Waals surface area contributed by atoms with E-state index in [4.69, 9.17) is 23.2 Å². The molecule has 0 aliphatic heterocycles. The molecule has 3 aromatic rings. The number of nitrogens with zero attached hydrogens (tertiary/aromatic N) is 1. The van der Waals surface area contributed by atoms with Crippen LogP contribution in [0.25, 0.3) is 5.69 Å². The largest absolute Gasteiger partial charge is 0.418 e. The highest BCUT2D eigenvalue weighted by atomic mass is 35.5. The Labute approximate surface area is 169 Å². The molecular formula is C20H15Cl2F3N2O. The molecule has 0 aliphatic carbocycles. The first-order valence-corrected chi connectivity index (χ1v) is 8.97. The van der Waals surface area contributed by atoms with E-state index in [9.17, 15) is 18.0 Å². The van der Waals surface area contributed by atoms with Crippen LogP contribution < -0.4 is 5.32 Å². The van der Waals surface area contributed by atoms with Gasteiger partial charge in [0.25, 0.3) is 5.91 Å². The van der Waals surface area contributed by atoms with Crippen LogP contribution in [0.15, 0.2) is 48.5 Å². The number of amides is 1. The zero-order chi connectivity index (χ0) is 20.6. The Kier molecular flexibility index (Phi) is 5.46. The van der Waals surface area contributed by atoms with Crippen molar-refractivity contribution in [2.24, 2.45) is 0 Å². The van der Waals surface area contributed by atoms with Gasteiger partial charge in [-0.2, -0.15) is 13.2 Å². The fourth-order valence-electron chi connectivity index (χ4n) is 3.04. The molecule has 0 unspecified atom stereocenters. The van der Waals surface area contributed by atoms with Crippen LogP contribution in [0, 0.1) is 13.8 Å². The molecule has 0 radical (unpaired) electrons. The first-order chi connectivity index (χ1) is 13.1. The van der Waals surface area contributed by atoms with Gasteiger partial charge in [0.05, 0.1) is 26.9 Å². The Bertz CT molecular complexity index is 1060. The Morgan fingerprint density at radius 3 is 2.32 bits per heavy atom. The van der Waals surface area contributed by atoms with Gasteiger partial charge in [0.15, 0.2) is 0 Å². The van der Waals surface area contributed by atoms with Crippen LogP contribution in [-0.4, -0.2) is 10.5 Å². The Morgan fingerprint density at radius 1 is 1.00 bits per heavy atom. The fraction of sp³-hybridized carbons (Fsp3) is 0.150. The van der Waals surface area contributed by atoms with E-state index in [1.807, 2.05) is 0 Å². The predicted molar refractivity (Wildman–Crippen MR) is 105 cm³/mol. The Hall–Kier alpha value is -2.44. The van der Waals surface area contributed by atoms with E-state index in [0.29, 0.717) is 22.1 Å². The summed E-state index contributed by atoms with van der Waals surface area (Å²) >= 11 is 11.8. The number of aromatic nitrogens is 1. The van der Waals surface area contributed by atoms with Crippen LogP contribution in [0.2, 0.25) is 10.0 Å². The zero-order valence-electron chi connectivity index (χ0n) is 14.9. The normalized spacial score (nSPS) is 11.5. The van der Waals surface area contributed by atoms with Gasteiger partial charge in [0.1, 0.15) is 0 Å². The van der Waals surface area contributed by atoms with Gasteiger partial charge in [-0.1, -0.05) is 35.3 Å². The van der Waals surface area contributed by atoms with Crippen LogP contribution >= 0.6 is 23.2 Å². The molecule has 0 fully saturated rings. The lowest BCUT2D eigenvalue weighted by atomic mass is 10.1. The summed E-state index contributed by atoms with van der Waals surface area (Å²) in [6, 6.07) is 11.4. The molecule has 2 aromatic carbocycles. The van der Waals surface area contributed by atoms with E-state index in [1.54, 1.807) is 32.0 Å². The molecular weight excluding hydrogens is 412 g/mol. The average molecular weight is 427 g/mol. The third kappa shape index (κ3) is 3.88. The highest BCUT2D eigenvalue weighted by Gasteiger charge is 2.34. The molecule has 1 aromatic heterocycles. The van der Waals surface area contributed by atoms with Gasteiger partial charge in [-0.25, -0.2) is 0 Å². The molecule has 0 aliphatic rings. The molecule has 1 heterocycles. The third-order valence-corrected chi connectivity index (χ3v) is 5.04. The number of rotatable bonds is 3. The fourth-order valence-corrected chi connectivity index (χ4v) is 3.34. The maximum atomic E-state index is 13.4. The van der Waals surface area contributed by atoms with Crippen molar-refractivity contribution >= 4 is 34.8 Å². The molecule has 0 spiro atoms. The molecule has 146 valence electrons. The van der Waals surface area contributed by atoms with Gasteiger partial charge in [0, 0.05) is 17.1 Å². The number of aryl methyl sites for hydroxylation is 1. The smallest absolute Gasteiger partial charge is 0.322 e. The summed E-state index contributed by atoms with van der Waals surface area (Å²) in [5.74, 6) is -0.456. The van der Waals surface area contributed by atoms with Gasteiger partial charge in [-0.3, -0.25) is 4.79 Å². The van der Waals surface area contributed by atoms with Crippen LogP contribution in [0.4, 0.5) is 18.9 Å². The lowest BCUT2D eigenvalue weighted by molar-refractivity contribution is -0.137. The molecule has 0 saturated heterocycles. The quantitative estimate of drug-likeness (QED) is 0.498. The van der Waals surface area contributed by atoms with Gasteiger partial charge < -0.3 is 9.88 Å². The number of hydrogen-bond donors (Lipinski definition) is 1. The predicted octanol–water partition coefficient (Wildman–Crippen LogP) is 6.67. The summed E-state index contributed by atoms with van der Waals surface area (Å²) in [6.07, 6.45) is -4.51. The van der Waals surface area contributed by atoms with Crippen LogP contribution in [0.5, 0.6) is 0 Å². The summed E-state index contributed by atoms with van der Waals surface area (Å²) in [4.78, 5) is 12.7. The minimum atomic E-state index is -4.51. The number of halogens is 5. The van der Waals surface area contributed by atoms with Crippen LogP contribution in [0.1, 0.15) is 27.3 Å². The molecule has 0 bridgehead atoms. The third-order valence-electron chi connectivity index (χ3n) is 4.30. The maximum absolute atomic E-state index is 13.4. The monoisotopic (exact) mass is 426 g/mol. The van der Waals surface area contributed by atoms with Crippen molar-refractivity contribution in [1.82, 2.24) is 4.57 Å². The number of alkyl halides is 3. The summed E-state index contributed by atoms with van der Waals surface area (Å²) in [7, 11) is 0. The van der Waals surface area contributed by atoms with Crippen molar-refractivity contribution in [2.45, 2.75) is 20.0 Å². The molecule has 1 N–H and O–H groups in total. The molecule has 3 rings (SSSR count). The topological polar surface area (TPSA) is 34.0 Å². The molecule has 8 heteroatoms. The van der Waals surface area contributed by atoms with E-state index in [-0.39, 0.29) is 16.3 Å². The Balaban J connectivity index is 2.01. The van der Waals surface area contributed by atoms with E-state index in [1.165, 1.54) is 28.8 Å². The van der Waals surface area contributed by atoms with Gasteiger partial charge in [-0.05, 0) is 50.2 Å². The number of carbonyl (C=O) groups excluding carboxylic acids is 1. The van der Waals surface area contributed by atoms with Crippen LogP contribution in [-0.2, 0) is 6.18 Å². The number of hydrogen-bond acceptors (Lipinski definition) is 1. The van der Waals surface area contributed by atoms with Gasteiger partial charge >= 0.3 is 6.18 Å². The average Bonchev–Trinajstić information content (AvgIpc) is 2.92. The molecule has 0 saturated carbocycles. The summed E-state index contributed by atoms with van der Waals surface area (Å²) in [6.45, 7) is 3.25. The first kappa shape index (κ1) is 20.3. The second-order valence-electron chi connectivity index (χ2n) is 6.22. The van der Waals surface area contributed by atoms with E-state index in [0.717, 1.165) is 6.07 Å². The molecule has 3 nitrogen and oxygen atoms in total. The summed E-state index contributed by atoms with van der Waals surface area (Å²) in [5.41, 5.74) is 0.799. The van der Waals surface area contributed by atoms with Crippen molar-refractivity contribution in [2.75, 3.05) is 5.32 Å². The zero-order valence-corrected chi connectivity index (χ0v) is 16.4. The minimum Gasteiger partial charge on any atom is -0.322 e. The molecule has 0 atom stereocenters. The Morgan fingerprint density at radius 2 is 1.68 bits per heavy atom. The standard InChI is InChI=1S/C20H15Cl2F3N2O/c1-11-9-14(19(28)26-13-7-8-16(21)17(22)10-13)12(2)27(11)18-6-4-3-5-15(18)20(23,24)25/h3-10H,1-2H3,(H,26,28). The number of anilines is 1. The number of carbonyl (C=O) groups is 1. The number of nitrogens with one attached hydrogen (secondary N) is 1. The van der Waals surface area contributed by atoms with E-state index in [2.05, 4.69) is 5.32 Å². The van der Waals surface area contributed by atoms with Gasteiger partial charge in [0.2, 0.25) is 0 Å².